The van der Waals surface area contributed by atoms with E-state index < -0.39 is 0 Å². The van der Waals surface area contributed by atoms with E-state index in [1.54, 1.807) is 0 Å². The average Bonchev–Trinajstić information content (AvgIpc) is 2.65. The van der Waals surface area contributed by atoms with Crippen molar-refractivity contribution in [2.24, 2.45) is 11.8 Å². The molecule has 1 N–H and O–H groups in total. The molecule has 94 valence electrons. The van der Waals surface area contributed by atoms with Gasteiger partial charge in [0.25, 0.3) is 0 Å². The van der Waals surface area contributed by atoms with Gasteiger partial charge in [-0.25, -0.2) is 0 Å². The van der Waals surface area contributed by atoms with Crippen molar-refractivity contribution in [3.05, 3.63) is 0 Å². The van der Waals surface area contributed by atoms with E-state index in [9.17, 15) is 0 Å². The van der Waals surface area contributed by atoms with Crippen LogP contribution in [0, 0.1) is 11.8 Å². The largest absolute Gasteiger partial charge is 0.312 e. The molecule has 0 aromatic rings. The second-order valence-corrected chi connectivity index (χ2v) is 6.10. The average molecular weight is 224 g/mol. The van der Waals surface area contributed by atoms with Crippen LogP contribution in [-0.2, 0) is 0 Å². The molecule has 1 heterocycles. The molecule has 1 aliphatic carbocycles. The molecule has 2 rings (SSSR count). The van der Waals surface area contributed by atoms with Crippen molar-refractivity contribution < 1.29 is 0 Å². The van der Waals surface area contributed by atoms with Crippen LogP contribution in [0.15, 0.2) is 0 Å². The molecule has 4 unspecified atom stereocenters. The maximum Gasteiger partial charge on any atom is 0.0221 e. The summed E-state index contributed by atoms with van der Waals surface area (Å²) in [5.41, 5.74) is 0. The van der Waals surface area contributed by atoms with Crippen LogP contribution in [0.1, 0.15) is 46.0 Å². The smallest absolute Gasteiger partial charge is 0.0221 e. The van der Waals surface area contributed by atoms with Crippen molar-refractivity contribution in [2.75, 3.05) is 20.1 Å². The lowest BCUT2D eigenvalue weighted by Crippen LogP contribution is -2.46. The van der Waals surface area contributed by atoms with Gasteiger partial charge in [0.15, 0.2) is 0 Å². The molecule has 16 heavy (non-hydrogen) atoms. The Morgan fingerprint density at radius 1 is 1.06 bits per heavy atom. The predicted octanol–water partition coefficient (Wildman–Crippen LogP) is 2.49. The van der Waals surface area contributed by atoms with Gasteiger partial charge in [-0.15, -0.1) is 0 Å². The summed E-state index contributed by atoms with van der Waals surface area (Å²) in [6.07, 6.45) is 7.09. The highest BCUT2D eigenvalue weighted by atomic mass is 15.2. The molecule has 0 amide bonds. The van der Waals surface area contributed by atoms with E-state index in [1.807, 2.05) is 0 Å². The first-order valence-corrected chi connectivity index (χ1v) is 7.12. The normalized spacial score (nSPS) is 40.5. The minimum absolute atomic E-state index is 0.735. The van der Waals surface area contributed by atoms with Crippen molar-refractivity contribution in [3.8, 4) is 0 Å². The van der Waals surface area contributed by atoms with Gasteiger partial charge < -0.3 is 10.2 Å². The summed E-state index contributed by atoms with van der Waals surface area (Å²) < 4.78 is 0. The Labute approximate surface area is 101 Å². The van der Waals surface area contributed by atoms with Crippen LogP contribution in [0.25, 0.3) is 0 Å². The molecule has 1 saturated carbocycles. The maximum absolute atomic E-state index is 3.65. The van der Waals surface area contributed by atoms with E-state index in [4.69, 9.17) is 0 Å². The standard InChI is InChI=1S/C14H28N2/c1-11-8-9-15-13(11)10-16(3)14-7-5-4-6-12(14)2/h11-15H,4-10H2,1-3H3. The molecular formula is C14H28N2. The highest BCUT2D eigenvalue weighted by molar-refractivity contribution is 4.86. The number of likely N-dealkylation sites (N-methyl/N-ethyl adjacent to an activating group) is 1. The fourth-order valence-corrected chi connectivity index (χ4v) is 3.54. The molecule has 0 radical (unpaired) electrons. The highest BCUT2D eigenvalue weighted by Crippen LogP contribution is 2.28. The third-order valence-electron chi connectivity index (χ3n) is 4.81. The molecule has 1 saturated heterocycles. The molecule has 2 heteroatoms. The Bertz CT molecular complexity index is 217. The van der Waals surface area contributed by atoms with Gasteiger partial charge in [-0.2, -0.15) is 0 Å². The predicted molar refractivity (Wildman–Crippen MR) is 69.6 cm³/mol. The first-order valence-electron chi connectivity index (χ1n) is 7.12. The van der Waals surface area contributed by atoms with Crippen LogP contribution in [0.3, 0.4) is 0 Å². The minimum Gasteiger partial charge on any atom is -0.312 e. The van der Waals surface area contributed by atoms with Gasteiger partial charge >= 0.3 is 0 Å². The maximum atomic E-state index is 3.65. The summed E-state index contributed by atoms with van der Waals surface area (Å²) in [6.45, 7) is 7.30. The van der Waals surface area contributed by atoms with Crippen LogP contribution in [0.4, 0.5) is 0 Å². The summed E-state index contributed by atoms with van der Waals surface area (Å²) >= 11 is 0. The molecule has 2 fully saturated rings. The molecule has 0 aromatic carbocycles. The van der Waals surface area contributed by atoms with E-state index in [1.165, 1.54) is 45.2 Å². The number of nitrogens with zero attached hydrogens (tertiary/aromatic N) is 1. The van der Waals surface area contributed by atoms with Crippen LogP contribution in [0.5, 0.6) is 0 Å². The monoisotopic (exact) mass is 224 g/mol. The summed E-state index contributed by atoms with van der Waals surface area (Å²) in [4.78, 5) is 2.63. The summed E-state index contributed by atoms with van der Waals surface area (Å²) in [5.74, 6) is 1.76. The van der Waals surface area contributed by atoms with E-state index in [0.29, 0.717) is 0 Å². The minimum atomic E-state index is 0.735. The second kappa shape index (κ2) is 5.50. The van der Waals surface area contributed by atoms with Crippen LogP contribution in [0.2, 0.25) is 0 Å². The van der Waals surface area contributed by atoms with E-state index in [-0.39, 0.29) is 0 Å². The fraction of sp³-hybridized carbons (Fsp3) is 1.00. The first kappa shape index (κ1) is 12.4. The summed E-state index contributed by atoms with van der Waals surface area (Å²) in [7, 11) is 2.33. The van der Waals surface area contributed by atoms with Crippen molar-refractivity contribution in [2.45, 2.75) is 58.0 Å². The molecule has 0 spiro atoms. The Kier molecular flexibility index (Phi) is 4.26. The Morgan fingerprint density at radius 2 is 1.81 bits per heavy atom. The summed E-state index contributed by atoms with van der Waals surface area (Å²) in [5, 5.41) is 3.65. The number of hydrogen-bond donors (Lipinski definition) is 1. The zero-order chi connectivity index (χ0) is 11.5. The van der Waals surface area contributed by atoms with Crippen molar-refractivity contribution in [3.63, 3.8) is 0 Å². The molecular weight excluding hydrogens is 196 g/mol. The first-order chi connectivity index (χ1) is 7.68. The third-order valence-corrected chi connectivity index (χ3v) is 4.81. The Balaban J connectivity index is 1.84. The molecule has 0 aromatic heterocycles. The fourth-order valence-electron chi connectivity index (χ4n) is 3.54. The Morgan fingerprint density at radius 3 is 2.44 bits per heavy atom. The van der Waals surface area contributed by atoms with Crippen molar-refractivity contribution >= 4 is 0 Å². The lowest BCUT2D eigenvalue weighted by atomic mass is 9.85. The van der Waals surface area contributed by atoms with Crippen LogP contribution in [-0.4, -0.2) is 37.1 Å². The van der Waals surface area contributed by atoms with Gasteiger partial charge in [0.2, 0.25) is 0 Å². The van der Waals surface area contributed by atoms with Gasteiger partial charge in [0.1, 0.15) is 0 Å². The lowest BCUT2D eigenvalue weighted by Gasteiger charge is -2.38. The van der Waals surface area contributed by atoms with Gasteiger partial charge in [-0.1, -0.05) is 26.7 Å². The van der Waals surface area contributed by atoms with Crippen molar-refractivity contribution in [1.29, 1.82) is 0 Å². The van der Waals surface area contributed by atoms with Crippen LogP contribution < -0.4 is 5.32 Å². The molecule has 1 aliphatic heterocycles. The van der Waals surface area contributed by atoms with Gasteiger partial charge in [-0.3, -0.25) is 0 Å². The van der Waals surface area contributed by atoms with E-state index in [2.05, 4.69) is 31.1 Å². The molecule has 4 atom stereocenters. The van der Waals surface area contributed by atoms with Crippen molar-refractivity contribution in [1.82, 2.24) is 10.2 Å². The third kappa shape index (κ3) is 2.78. The number of rotatable bonds is 3. The highest BCUT2D eigenvalue weighted by Gasteiger charge is 2.29. The second-order valence-electron chi connectivity index (χ2n) is 6.10. The number of hydrogen-bond acceptors (Lipinski definition) is 2. The van der Waals surface area contributed by atoms with E-state index >= 15 is 0 Å². The quantitative estimate of drug-likeness (QED) is 0.792. The molecule has 2 aliphatic rings. The van der Waals surface area contributed by atoms with Crippen LogP contribution >= 0.6 is 0 Å². The van der Waals surface area contributed by atoms with Gasteiger partial charge in [-0.05, 0) is 44.7 Å². The molecule has 2 nitrogen and oxygen atoms in total. The summed E-state index contributed by atoms with van der Waals surface area (Å²) in [6, 6.07) is 1.57. The Hall–Kier alpha value is -0.0800. The zero-order valence-electron chi connectivity index (χ0n) is 11.2. The molecule has 0 bridgehead atoms. The van der Waals surface area contributed by atoms with Gasteiger partial charge in [0.05, 0.1) is 0 Å². The number of nitrogens with one attached hydrogen (secondary N) is 1. The van der Waals surface area contributed by atoms with E-state index in [0.717, 1.165) is 23.9 Å². The topological polar surface area (TPSA) is 15.3 Å². The van der Waals surface area contributed by atoms with Gasteiger partial charge in [0, 0.05) is 18.6 Å². The SMILES string of the molecule is CC1CCNC1CN(C)C1CCCCC1C. The lowest BCUT2D eigenvalue weighted by molar-refractivity contribution is 0.125. The zero-order valence-corrected chi connectivity index (χ0v) is 11.2.